The van der Waals surface area contributed by atoms with E-state index in [1.807, 2.05) is 0 Å². The molecule has 78 valence electrons. The number of rotatable bonds is 3. The second kappa shape index (κ2) is 5.24. The molecule has 0 N–H and O–H groups in total. The third kappa shape index (κ3) is 3.50. The molecular weight excluding hydrogens is 225 g/mol. The molecule has 1 rings (SSSR count). The fraction of sp³-hybridized carbons (Fsp3) is 0.111. The van der Waals surface area contributed by atoms with Crippen molar-refractivity contribution in [1.29, 1.82) is 0 Å². The largest absolute Gasteiger partial charge is 0.482 e. The molecule has 0 saturated heterocycles. The SMILES string of the molecule is O=C=NC(=O)COc1ccc(F)cc1Cl. The number of hydrogen-bond acceptors (Lipinski definition) is 3. The summed E-state index contributed by atoms with van der Waals surface area (Å²) >= 11 is 5.61. The zero-order valence-corrected chi connectivity index (χ0v) is 8.12. The van der Waals surface area contributed by atoms with E-state index in [1.54, 1.807) is 0 Å². The zero-order valence-electron chi connectivity index (χ0n) is 7.37. The van der Waals surface area contributed by atoms with E-state index in [0.717, 1.165) is 18.2 Å². The van der Waals surface area contributed by atoms with Crippen molar-refractivity contribution in [1.82, 2.24) is 0 Å². The summed E-state index contributed by atoms with van der Waals surface area (Å²) < 4.78 is 17.5. The molecule has 1 aromatic carbocycles. The van der Waals surface area contributed by atoms with E-state index < -0.39 is 18.3 Å². The van der Waals surface area contributed by atoms with E-state index in [0.29, 0.717) is 0 Å². The van der Waals surface area contributed by atoms with Crippen molar-refractivity contribution in [2.75, 3.05) is 6.61 Å². The summed E-state index contributed by atoms with van der Waals surface area (Å²) in [6, 6.07) is 3.45. The Morgan fingerprint density at radius 2 is 2.33 bits per heavy atom. The van der Waals surface area contributed by atoms with Gasteiger partial charge in [-0.1, -0.05) is 11.6 Å². The monoisotopic (exact) mass is 229 g/mol. The Morgan fingerprint density at radius 1 is 1.60 bits per heavy atom. The van der Waals surface area contributed by atoms with Crippen LogP contribution in [0.25, 0.3) is 0 Å². The number of carbonyl (C=O) groups is 1. The predicted molar refractivity (Wildman–Crippen MR) is 50.0 cm³/mol. The van der Waals surface area contributed by atoms with E-state index in [1.165, 1.54) is 6.07 Å². The zero-order chi connectivity index (χ0) is 11.3. The first-order valence-corrected chi connectivity index (χ1v) is 4.20. The third-order valence-electron chi connectivity index (χ3n) is 1.42. The van der Waals surface area contributed by atoms with E-state index >= 15 is 0 Å². The first-order valence-electron chi connectivity index (χ1n) is 3.82. The number of amides is 1. The number of isocyanates is 1. The number of ether oxygens (including phenoxy) is 1. The average Bonchev–Trinajstić information content (AvgIpc) is 2.17. The number of benzene rings is 1. The summed E-state index contributed by atoms with van der Waals surface area (Å²) in [4.78, 5) is 23.2. The lowest BCUT2D eigenvalue weighted by molar-refractivity contribution is -0.119. The Bertz CT molecular complexity index is 429. The smallest absolute Gasteiger partial charge is 0.294 e. The van der Waals surface area contributed by atoms with Gasteiger partial charge in [0.1, 0.15) is 11.6 Å². The van der Waals surface area contributed by atoms with Crippen molar-refractivity contribution in [3.05, 3.63) is 29.0 Å². The summed E-state index contributed by atoms with van der Waals surface area (Å²) in [7, 11) is 0. The average molecular weight is 230 g/mol. The first kappa shape index (κ1) is 11.4. The molecule has 0 bridgehead atoms. The second-order valence-corrected chi connectivity index (χ2v) is 2.87. The molecule has 0 unspecified atom stereocenters. The van der Waals surface area contributed by atoms with Gasteiger partial charge in [-0.2, -0.15) is 0 Å². The Labute approximate surface area is 89.3 Å². The van der Waals surface area contributed by atoms with Crippen molar-refractivity contribution in [2.24, 2.45) is 4.99 Å². The molecular formula is C9H5ClFNO3. The van der Waals surface area contributed by atoms with Gasteiger partial charge in [0.2, 0.25) is 6.08 Å². The van der Waals surface area contributed by atoms with Crippen LogP contribution in [0.15, 0.2) is 23.2 Å². The van der Waals surface area contributed by atoms with Crippen molar-refractivity contribution in [3.8, 4) is 5.75 Å². The van der Waals surface area contributed by atoms with Crippen LogP contribution in [0.4, 0.5) is 4.39 Å². The van der Waals surface area contributed by atoms with Crippen LogP contribution in [-0.2, 0) is 9.59 Å². The molecule has 0 atom stereocenters. The minimum atomic E-state index is -0.787. The van der Waals surface area contributed by atoms with Gasteiger partial charge in [-0.3, -0.25) is 4.79 Å². The van der Waals surface area contributed by atoms with Gasteiger partial charge in [-0.15, -0.1) is 4.99 Å². The highest BCUT2D eigenvalue weighted by atomic mass is 35.5. The van der Waals surface area contributed by atoms with E-state index in [4.69, 9.17) is 16.3 Å². The lowest BCUT2D eigenvalue weighted by atomic mass is 10.3. The molecule has 1 aromatic rings. The van der Waals surface area contributed by atoms with Crippen molar-refractivity contribution >= 4 is 23.6 Å². The lowest BCUT2D eigenvalue weighted by Gasteiger charge is -2.04. The number of aliphatic imine (C=N–C) groups is 1. The number of halogens is 2. The Balaban J connectivity index is 2.65. The molecule has 0 saturated carbocycles. The van der Waals surface area contributed by atoms with Crippen LogP contribution in [0.5, 0.6) is 5.75 Å². The maximum atomic E-state index is 12.6. The van der Waals surface area contributed by atoms with Crippen molar-refractivity contribution < 1.29 is 18.7 Å². The van der Waals surface area contributed by atoms with Gasteiger partial charge in [0.05, 0.1) is 5.02 Å². The molecule has 0 aliphatic heterocycles. The highest BCUT2D eigenvalue weighted by Gasteiger charge is 2.05. The Morgan fingerprint density at radius 3 is 2.93 bits per heavy atom. The van der Waals surface area contributed by atoms with Gasteiger partial charge < -0.3 is 4.74 Å². The van der Waals surface area contributed by atoms with Crippen molar-refractivity contribution in [2.45, 2.75) is 0 Å². The molecule has 0 spiro atoms. The van der Waals surface area contributed by atoms with Crippen LogP contribution < -0.4 is 4.74 Å². The molecule has 4 nitrogen and oxygen atoms in total. The van der Waals surface area contributed by atoms with Gasteiger partial charge in [0, 0.05) is 0 Å². The highest BCUT2D eigenvalue weighted by molar-refractivity contribution is 6.32. The molecule has 0 radical (unpaired) electrons. The summed E-state index contributed by atoms with van der Waals surface area (Å²) in [6.45, 7) is -0.444. The number of nitrogens with zero attached hydrogens (tertiary/aromatic N) is 1. The van der Waals surface area contributed by atoms with Crippen LogP contribution in [0.3, 0.4) is 0 Å². The Hall–Kier alpha value is -1.71. The topological polar surface area (TPSA) is 55.7 Å². The second-order valence-electron chi connectivity index (χ2n) is 2.46. The molecule has 0 aromatic heterocycles. The number of carbonyl (C=O) groups excluding carboxylic acids is 2. The van der Waals surface area contributed by atoms with Gasteiger partial charge in [0.25, 0.3) is 5.91 Å². The predicted octanol–water partition coefficient (Wildman–Crippen LogP) is 1.72. The quantitative estimate of drug-likeness (QED) is 0.586. The molecule has 0 aliphatic rings. The highest BCUT2D eigenvalue weighted by Crippen LogP contribution is 2.24. The third-order valence-corrected chi connectivity index (χ3v) is 1.71. The minimum Gasteiger partial charge on any atom is -0.482 e. The molecule has 1 amide bonds. The molecule has 0 aliphatic carbocycles. The van der Waals surface area contributed by atoms with Gasteiger partial charge in [-0.25, -0.2) is 9.18 Å². The van der Waals surface area contributed by atoms with Crippen LogP contribution in [0.2, 0.25) is 5.02 Å². The summed E-state index contributed by atoms with van der Waals surface area (Å²) in [5, 5.41) is 0.0397. The fourth-order valence-electron chi connectivity index (χ4n) is 0.815. The van der Waals surface area contributed by atoms with E-state index in [-0.39, 0.29) is 10.8 Å². The van der Waals surface area contributed by atoms with Gasteiger partial charge in [0.15, 0.2) is 6.61 Å². The summed E-state index contributed by atoms with van der Waals surface area (Å²) in [5.74, 6) is -1.15. The molecule has 0 fully saturated rings. The normalized spacial score (nSPS) is 9.20. The fourth-order valence-corrected chi connectivity index (χ4v) is 1.04. The first-order chi connectivity index (χ1) is 7.13. The van der Waals surface area contributed by atoms with Crippen LogP contribution >= 0.6 is 11.6 Å². The molecule has 15 heavy (non-hydrogen) atoms. The summed E-state index contributed by atoms with van der Waals surface area (Å²) in [6.07, 6.45) is 1.08. The van der Waals surface area contributed by atoms with Gasteiger partial charge in [-0.05, 0) is 18.2 Å². The standard InChI is InChI=1S/C9H5ClFNO3/c10-7-3-6(11)1-2-8(7)15-4-9(14)12-5-13/h1-3H,4H2. The van der Waals surface area contributed by atoms with Crippen LogP contribution in [0, 0.1) is 5.82 Å². The van der Waals surface area contributed by atoms with E-state index in [9.17, 15) is 14.0 Å². The van der Waals surface area contributed by atoms with E-state index in [2.05, 4.69) is 4.99 Å². The summed E-state index contributed by atoms with van der Waals surface area (Å²) in [5.41, 5.74) is 0. The van der Waals surface area contributed by atoms with Crippen LogP contribution in [0.1, 0.15) is 0 Å². The molecule has 0 heterocycles. The maximum Gasteiger partial charge on any atom is 0.294 e. The van der Waals surface area contributed by atoms with Crippen LogP contribution in [-0.4, -0.2) is 18.6 Å². The molecule has 6 heteroatoms. The maximum absolute atomic E-state index is 12.6. The van der Waals surface area contributed by atoms with Crippen molar-refractivity contribution in [3.63, 3.8) is 0 Å². The minimum absolute atomic E-state index is 0.0397. The lowest BCUT2D eigenvalue weighted by Crippen LogP contribution is -2.08. The number of hydrogen-bond donors (Lipinski definition) is 0. The Kier molecular flexibility index (Phi) is 3.97. The van der Waals surface area contributed by atoms with Gasteiger partial charge >= 0.3 is 0 Å².